The van der Waals surface area contributed by atoms with E-state index in [1.807, 2.05) is 0 Å². The lowest BCUT2D eigenvalue weighted by atomic mass is 9.85. The van der Waals surface area contributed by atoms with Gasteiger partial charge in [-0.15, -0.1) is 23.2 Å². The molecule has 0 aromatic heterocycles. The molecule has 1 saturated carbocycles. The van der Waals surface area contributed by atoms with E-state index in [1.54, 1.807) is 0 Å². The third kappa shape index (κ3) is 8.98. The second-order valence-electron chi connectivity index (χ2n) is 8.89. The topological polar surface area (TPSA) is 52.6 Å². The van der Waals surface area contributed by atoms with E-state index >= 15 is 0 Å². The maximum Gasteiger partial charge on any atom is 0.305 e. The molecule has 1 unspecified atom stereocenters. The van der Waals surface area contributed by atoms with Crippen molar-refractivity contribution in [1.82, 2.24) is 0 Å². The van der Waals surface area contributed by atoms with Gasteiger partial charge in [0, 0.05) is 30.0 Å². The molecular weight excluding hydrogens is 459 g/mol. The lowest BCUT2D eigenvalue weighted by Gasteiger charge is -2.24. The van der Waals surface area contributed by atoms with Gasteiger partial charge in [-0.25, -0.2) is 0 Å². The summed E-state index contributed by atoms with van der Waals surface area (Å²) in [6, 6.07) is 8.38. The Morgan fingerprint density at radius 2 is 1.82 bits per heavy atom. The van der Waals surface area contributed by atoms with Crippen LogP contribution >= 0.6 is 23.2 Å². The molecule has 1 aliphatic rings. The standard InChI is InChI=1S/C27H38Cl2O4/c1-4-5-8-12-25(33-19(2)30)20-14-16-21(17-15-20)27-22(23(28)18-24(27)29)11-9-6-7-10-13-26(31)32-3/h6,9,14-17,22-25,27H,4-5,7-8,10-13,18H2,1-3H3/b9-6-/t22-,23+,24-,25?,27+/m0/s1. The number of benzene rings is 1. The number of unbranched alkanes of at least 4 members (excludes halogenated alkanes) is 3. The number of methoxy groups -OCH3 is 1. The van der Waals surface area contributed by atoms with Crippen molar-refractivity contribution in [3.8, 4) is 0 Å². The van der Waals surface area contributed by atoms with Crippen LogP contribution in [0.2, 0.25) is 0 Å². The van der Waals surface area contributed by atoms with Gasteiger partial charge in [0.25, 0.3) is 0 Å². The van der Waals surface area contributed by atoms with E-state index in [4.69, 9.17) is 27.9 Å². The average Bonchev–Trinajstić information content (AvgIpc) is 3.07. The van der Waals surface area contributed by atoms with Crippen molar-refractivity contribution in [2.75, 3.05) is 7.11 Å². The van der Waals surface area contributed by atoms with Crippen molar-refractivity contribution in [2.45, 2.75) is 94.4 Å². The summed E-state index contributed by atoms with van der Waals surface area (Å²) in [4.78, 5) is 22.8. The van der Waals surface area contributed by atoms with Crippen LogP contribution in [0.15, 0.2) is 36.4 Å². The van der Waals surface area contributed by atoms with Gasteiger partial charge in [-0.1, -0.05) is 56.2 Å². The van der Waals surface area contributed by atoms with Crippen LogP contribution in [0.5, 0.6) is 0 Å². The fraction of sp³-hybridized carbons (Fsp3) is 0.630. The Balaban J connectivity index is 2.03. The molecule has 1 aromatic carbocycles. The predicted octanol–water partition coefficient (Wildman–Crippen LogP) is 7.48. The Morgan fingerprint density at radius 1 is 1.09 bits per heavy atom. The smallest absolute Gasteiger partial charge is 0.305 e. The molecule has 0 spiro atoms. The van der Waals surface area contributed by atoms with Crippen LogP contribution in [0.1, 0.15) is 94.8 Å². The summed E-state index contributed by atoms with van der Waals surface area (Å²) in [5.74, 6) is 0.0105. The van der Waals surface area contributed by atoms with E-state index < -0.39 is 0 Å². The SMILES string of the molecule is CCCCCC(OC(C)=O)c1ccc([C@@H]2[C@@H](C/C=C\CCCC(=O)OC)[C@H](Cl)C[C@@H]2Cl)cc1. The highest BCUT2D eigenvalue weighted by Gasteiger charge is 2.41. The number of rotatable bonds is 13. The first-order valence-electron chi connectivity index (χ1n) is 12.1. The van der Waals surface area contributed by atoms with Crippen LogP contribution in [0.25, 0.3) is 0 Å². The molecule has 0 N–H and O–H groups in total. The van der Waals surface area contributed by atoms with Crippen molar-refractivity contribution >= 4 is 35.1 Å². The molecule has 0 heterocycles. The van der Waals surface area contributed by atoms with E-state index in [1.165, 1.54) is 19.6 Å². The van der Waals surface area contributed by atoms with Gasteiger partial charge in [0.1, 0.15) is 6.10 Å². The minimum absolute atomic E-state index is 0.00936. The van der Waals surface area contributed by atoms with Gasteiger partial charge in [-0.2, -0.15) is 0 Å². The molecule has 1 fully saturated rings. The second kappa shape index (κ2) is 14.7. The lowest BCUT2D eigenvalue weighted by Crippen LogP contribution is -2.16. The van der Waals surface area contributed by atoms with Gasteiger partial charge in [0.2, 0.25) is 0 Å². The average molecular weight is 498 g/mol. The van der Waals surface area contributed by atoms with Crippen LogP contribution in [0.4, 0.5) is 0 Å². The Hall–Kier alpha value is -1.52. The molecule has 4 nitrogen and oxygen atoms in total. The molecule has 6 heteroatoms. The Labute approximate surface area is 209 Å². The molecule has 1 aliphatic carbocycles. The van der Waals surface area contributed by atoms with E-state index in [2.05, 4.69) is 48.1 Å². The number of hydrogen-bond acceptors (Lipinski definition) is 4. The first-order valence-corrected chi connectivity index (χ1v) is 13.0. The predicted molar refractivity (Wildman–Crippen MR) is 135 cm³/mol. The van der Waals surface area contributed by atoms with E-state index in [9.17, 15) is 9.59 Å². The van der Waals surface area contributed by atoms with Gasteiger partial charge in [-0.05, 0) is 55.6 Å². The third-order valence-electron chi connectivity index (χ3n) is 6.39. The van der Waals surface area contributed by atoms with Crippen molar-refractivity contribution in [1.29, 1.82) is 0 Å². The Bertz CT molecular complexity index is 762. The number of alkyl halides is 2. The van der Waals surface area contributed by atoms with Crippen LogP contribution < -0.4 is 0 Å². The number of ether oxygens (including phenoxy) is 2. The van der Waals surface area contributed by atoms with Gasteiger partial charge in [-0.3, -0.25) is 9.59 Å². The zero-order valence-electron chi connectivity index (χ0n) is 20.1. The first kappa shape index (κ1) is 27.7. The molecular formula is C27H38Cl2O4. The summed E-state index contributed by atoms with van der Waals surface area (Å²) in [6.07, 6.45) is 11.9. The Morgan fingerprint density at radius 3 is 2.45 bits per heavy atom. The molecule has 0 amide bonds. The maximum absolute atomic E-state index is 11.6. The zero-order valence-corrected chi connectivity index (χ0v) is 21.6. The maximum atomic E-state index is 11.6. The highest BCUT2D eigenvalue weighted by molar-refractivity contribution is 6.25. The monoisotopic (exact) mass is 496 g/mol. The number of halogens is 2. The minimum Gasteiger partial charge on any atom is -0.469 e. The van der Waals surface area contributed by atoms with Crippen LogP contribution in [0.3, 0.4) is 0 Å². The number of allylic oxidation sites excluding steroid dienone is 2. The van der Waals surface area contributed by atoms with Crippen LogP contribution in [-0.4, -0.2) is 29.8 Å². The zero-order chi connectivity index (χ0) is 24.2. The molecule has 0 saturated heterocycles. The summed E-state index contributed by atoms with van der Waals surface area (Å²) in [7, 11) is 1.41. The molecule has 2 rings (SSSR count). The quantitative estimate of drug-likeness (QED) is 0.123. The number of esters is 2. The lowest BCUT2D eigenvalue weighted by molar-refractivity contribution is -0.147. The second-order valence-corrected chi connectivity index (χ2v) is 10.0. The van der Waals surface area contributed by atoms with Crippen molar-refractivity contribution in [2.24, 2.45) is 5.92 Å². The van der Waals surface area contributed by atoms with Crippen molar-refractivity contribution < 1.29 is 19.1 Å². The first-order chi connectivity index (χ1) is 15.9. The largest absolute Gasteiger partial charge is 0.469 e. The van der Waals surface area contributed by atoms with Crippen LogP contribution in [-0.2, 0) is 19.1 Å². The summed E-state index contributed by atoms with van der Waals surface area (Å²) >= 11 is 13.4. The van der Waals surface area contributed by atoms with Gasteiger partial charge in [0.15, 0.2) is 0 Å². The third-order valence-corrected chi connectivity index (χ3v) is 7.34. The molecule has 1 aromatic rings. The molecule has 0 radical (unpaired) electrons. The van der Waals surface area contributed by atoms with E-state index in [0.29, 0.717) is 6.42 Å². The molecule has 5 atom stereocenters. The summed E-state index contributed by atoms with van der Waals surface area (Å²) in [6.45, 7) is 3.63. The van der Waals surface area contributed by atoms with E-state index in [-0.39, 0.29) is 40.6 Å². The molecule has 0 bridgehead atoms. The molecule has 33 heavy (non-hydrogen) atoms. The summed E-state index contributed by atoms with van der Waals surface area (Å²) in [5.41, 5.74) is 2.21. The normalized spacial score (nSPS) is 23.5. The number of hydrogen-bond donors (Lipinski definition) is 0. The fourth-order valence-corrected chi connectivity index (χ4v) is 5.69. The number of carbonyl (C=O) groups is 2. The Kier molecular flexibility index (Phi) is 12.3. The van der Waals surface area contributed by atoms with Crippen LogP contribution in [0, 0.1) is 5.92 Å². The highest BCUT2D eigenvalue weighted by atomic mass is 35.5. The van der Waals surface area contributed by atoms with E-state index in [0.717, 1.165) is 56.9 Å². The number of carbonyl (C=O) groups excluding carboxylic acids is 2. The van der Waals surface area contributed by atoms with Crippen molar-refractivity contribution in [3.63, 3.8) is 0 Å². The summed E-state index contributed by atoms with van der Waals surface area (Å²) < 4.78 is 10.3. The molecule has 184 valence electrons. The summed E-state index contributed by atoms with van der Waals surface area (Å²) in [5, 5.41) is 0.0182. The molecule has 0 aliphatic heterocycles. The van der Waals surface area contributed by atoms with Gasteiger partial charge in [0.05, 0.1) is 7.11 Å². The van der Waals surface area contributed by atoms with Gasteiger partial charge < -0.3 is 9.47 Å². The minimum atomic E-state index is -0.249. The highest BCUT2D eigenvalue weighted by Crippen LogP contribution is 2.47. The van der Waals surface area contributed by atoms with Gasteiger partial charge >= 0.3 is 11.9 Å². The fourth-order valence-electron chi connectivity index (χ4n) is 4.62. The van der Waals surface area contributed by atoms with Crippen molar-refractivity contribution in [3.05, 3.63) is 47.5 Å².